The van der Waals surface area contributed by atoms with Crippen molar-refractivity contribution in [2.75, 3.05) is 25.4 Å². The molecule has 2 fully saturated rings. The highest BCUT2D eigenvalue weighted by molar-refractivity contribution is 6.00. The number of anilines is 1. The predicted octanol–water partition coefficient (Wildman–Crippen LogP) is 5.51. The lowest BCUT2D eigenvalue weighted by Crippen LogP contribution is -2.35. The van der Waals surface area contributed by atoms with Crippen LogP contribution >= 0.6 is 0 Å². The van der Waals surface area contributed by atoms with E-state index in [1.165, 1.54) is 62.0 Å². The van der Waals surface area contributed by atoms with Crippen LogP contribution in [0.25, 0.3) is 22.2 Å². The van der Waals surface area contributed by atoms with Crippen molar-refractivity contribution in [2.24, 2.45) is 5.92 Å². The van der Waals surface area contributed by atoms with Crippen molar-refractivity contribution in [1.29, 1.82) is 0 Å². The summed E-state index contributed by atoms with van der Waals surface area (Å²) in [6.45, 7) is 3.81. The molecule has 0 radical (unpaired) electrons. The van der Waals surface area contributed by atoms with Crippen molar-refractivity contribution < 1.29 is 0 Å². The lowest BCUT2D eigenvalue weighted by Gasteiger charge is -2.38. The van der Waals surface area contributed by atoms with Gasteiger partial charge in [0.15, 0.2) is 0 Å². The van der Waals surface area contributed by atoms with Crippen molar-refractivity contribution in [3.8, 4) is 11.1 Å². The Morgan fingerprint density at radius 2 is 1.65 bits per heavy atom. The number of nitrogen functional groups attached to an aromatic ring is 1. The SMILES string of the molecule is Nc1ncnc2c1c(-c1cccc(CCc3ccccc3)c1)cn2C1CC(CN2CCCC2)C1. The van der Waals surface area contributed by atoms with Crippen molar-refractivity contribution in [3.63, 3.8) is 0 Å². The van der Waals surface area contributed by atoms with Crippen LogP contribution in [-0.4, -0.2) is 39.1 Å². The Labute approximate surface area is 201 Å². The minimum Gasteiger partial charge on any atom is -0.383 e. The summed E-state index contributed by atoms with van der Waals surface area (Å²) < 4.78 is 2.37. The molecule has 1 saturated heterocycles. The Kier molecular flexibility index (Phi) is 5.79. The highest BCUT2D eigenvalue weighted by atomic mass is 15.2. The Morgan fingerprint density at radius 3 is 2.47 bits per heavy atom. The molecule has 1 aliphatic heterocycles. The molecule has 34 heavy (non-hydrogen) atoms. The average molecular weight is 452 g/mol. The molecule has 1 aliphatic carbocycles. The van der Waals surface area contributed by atoms with Crippen molar-refractivity contribution >= 4 is 16.9 Å². The van der Waals surface area contributed by atoms with E-state index in [-0.39, 0.29) is 0 Å². The number of aromatic nitrogens is 3. The molecule has 4 aromatic rings. The largest absolute Gasteiger partial charge is 0.383 e. The van der Waals surface area contributed by atoms with E-state index in [1.54, 1.807) is 6.33 Å². The Hall–Kier alpha value is -3.18. The molecule has 174 valence electrons. The van der Waals surface area contributed by atoms with Gasteiger partial charge in [-0.2, -0.15) is 0 Å². The Morgan fingerprint density at radius 1 is 0.882 bits per heavy atom. The monoisotopic (exact) mass is 451 g/mol. The van der Waals surface area contributed by atoms with E-state index < -0.39 is 0 Å². The molecular formula is C29H33N5. The molecule has 2 N–H and O–H groups in total. The summed E-state index contributed by atoms with van der Waals surface area (Å²) in [6.07, 6.45) is 11.1. The van der Waals surface area contributed by atoms with Gasteiger partial charge >= 0.3 is 0 Å². The third kappa shape index (κ3) is 4.21. The van der Waals surface area contributed by atoms with Crippen LogP contribution in [0.2, 0.25) is 0 Å². The highest BCUT2D eigenvalue weighted by Crippen LogP contribution is 2.43. The normalized spacial score (nSPS) is 20.6. The van der Waals surface area contributed by atoms with Gasteiger partial charge in [-0.05, 0) is 74.2 Å². The summed E-state index contributed by atoms with van der Waals surface area (Å²) >= 11 is 0. The van der Waals surface area contributed by atoms with Gasteiger partial charge in [-0.1, -0.05) is 54.6 Å². The molecule has 0 unspecified atom stereocenters. The summed E-state index contributed by atoms with van der Waals surface area (Å²) in [4.78, 5) is 11.7. The maximum atomic E-state index is 6.41. The van der Waals surface area contributed by atoms with E-state index >= 15 is 0 Å². The van der Waals surface area contributed by atoms with Crippen LogP contribution in [0.4, 0.5) is 5.82 Å². The quantitative estimate of drug-likeness (QED) is 0.402. The second kappa shape index (κ2) is 9.22. The topological polar surface area (TPSA) is 60.0 Å². The van der Waals surface area contributed by atoms with Crippen LogP contribution in [0.3, 0.4) is 0 Å². The third-order valence-electron chi connectivity index (χ3n) is 7.74. The van der Waals surface area contributed by atoms with Crippen LogP contribution in [0, 0.1) is 5.92 Å². The first-order chi connectivity index (χ1) is 16.7. The number of hydrogen-bond acceptors (Lipinski definition) is 4. The van der Waals surface area contributed by atoms with Crippen molar-refractivity contribution in [3.05, 3.63) is 78.2 Å². The van der Waals surface area contributed by atoms with E-state index in [9.17, 15) is 0 Å². The second-order valence-corrected chi connectivity index (χ2v) is 10.1. The van der Waals surface area contributed by atoms with E-state index in [1.807, 2.05) is 0 Å². The number of rotatable bonds is 7. The maximum Gasteiger partial charge on any atom is 0.146 e. The zero-order valence-corrected chi connectivity index (χ0v) is 19.7. The number of benzene rings is 2. The molecule has 1 saturated carbocycles. The molecule has 2 aliphatic rings. The molecule has 3 heterocycles. The molecule has 0 bridgehead atoms. The first-order valence-electron chi connectivity index (χ1n) is 12.7. The molecule has 0 atom stereocenters. The smallest absolute Gasteiger partial charge is 0.146 e. The van der Waals surface area contributed by atoms with Gasteiger partial charge in [0, 0.05) is 24.3 Å². The van der Waals surface area contributed by atoms with Gasteiger partial charge in [-0.15, -0.1) is 0 Å². The minimum absolute atomic E-state index is 0.499. The fourth-order valence-corrected chi connectivity index (χ4v) is 5.84. The highest BCUT2D eigenvalue weighted by Gasteiger charge is 2.34. The zero-order chi connectivity index (χ0) is 22.9. The maximum absolute atomic E-state index is 6.41. The molecular weight excluding hydrogens is 418 g/mol. The average Bonchev–Trinajstić information content (AvgIpc) is 3.49. The minimum atomic E-state index is 0.499. The van der Waals surface area contributed by atoms with E-state index in [2.05, 4.69) is 80.2 Å². The first-order valence-corrected chi connectivity index (χ1v) is 12.7. The van der Waals surface area contributed by atoms with E-state index in [0.717, 1.165) is 35.4 Å². The summed E-state index contributed by atoms with van der Waals surface area (Å²) in [5.41, 5.74) is 12.4. The second-order valence-electron chi connectivity index (χ2n) is 10.1. The fraction of sp³-hybridized carbons (Fsp3) is 0.379. The molecule has 0 amide bonds. The number of fused-ring (bicyclic) bond motifs is 1. The lowest BCUT2D eigenvalue weighted by molar-refractivity contribution is 0.145. The molecule has 6 rings (SSSR count). The fourth-order valence-electron chi connectivity index (χ4n) is 5.84. The van der Waals surface area contributed by atoms with Crippen molar-refractivity contribution in [1.82, 2.24) is 19.4 Å². The number of nitrogens with two attached hydrogens (primary N) is 1. The van der Waals surface area contributed by atoms with Gasteiger partial charge in [-0.3, -0.25) is 0 Å². The zero-order valence-electron chi connectivity index (χ0n) is 19.7. The van der Waals surface area contributed by atoms with E-state index in [0.29, 0.717) is 11.9 Å². The lowest BCUT2D eigenvalue weighted by atomic mass is 9.79. The summed E-state index contributed by atoms with van der Waals surface area (Å²) in [5.74, 6) is 1.37. The van der Waals surface area contributed by atoms with Crippen LogP contribution < -0.4 is 5.73 Å². The Balaban J connectivity index is 1.25. The van der Waals surface area contributed by atoms with Crippen LogP contribution in [-0.2, 0) is 12.8 Å². The Bertz CT molecular complexity index is 1270. The summed E-state index contributed by atoms with van der Waals surface area (Å²) in [6, 6.07) is 20.1. The predicted molar refractivity (Wildman–Crippen MR) is 139 cm³/mol. The summed E-state index contributed by atoms with van der Waals surface area (Å²) in [5, 5.41) is 0.991. The van der Waals surface area contributed by atoms with Crippen LogP contribution in [0.1, 0.15) is 42.9 Å². The molecule has 0 spiro atoms. The van der Waals surface area contributed by atoms with E-state index in [4.69, 9.17) is 5.73 Å². The van der Waals surface area contributed by atoms with Gasteiger partial charge < -0.3 is 15.2 Å². The van der Waals surface area contributed by atoms with Gasteiger partial charge in [0.1, 0.15) is 17.8 Å². The number of hydrogen-bond donors (Lipinski definition) is 1. The first kappa shape index (κ1) is 21.4. The number of likely N-dealkylation sites (tertiary alicyclic amines) is 1. The van der Waals surface area contributed by atoms with Gasteiger partial charge in [0.05, 0.1) is 5.39 Å². The third-order valence-corrected chi connectivity index (χ3v) is 7.74. The molecule has 5 nitrogen and oxygen atoms in total. The standard InChI is InChI=1S/C29H33N5/c30-28-27-26(24-10-6-9-22(15-24)12-11-21-7-2-1-3-8-21)19-34(29(27)32-20-31-28)25-16-23(17-25)18-33-13-4-5-14-33/h1-3,6-10,15,19-20,23,25H,4-5,11-14,16-18H2,(H2,30,31,32). The van der Waals surface area contributed by atoms with Crippen molar-refractivity contribution in [2.45, 2.75) is 44.6 Å². The van der Waals surface area contributed by atoms with Gasteiger partial charge in [0.25, 0.3) is 0 Å². The molecule has 2 aromatic heterocycles. The van der Waals surface area contributed by atoms with Crippen LogP contribution in [0.15, 0.2) is 67.1 Å². The number of aryl methyl sites for hydroxylation is 2. The van der Waals surface area contributed by atoms with Gasteiger partial charge in [-0.25, -0.2) is 9.97 Å². The number of nitrogens with zero attached hydrogens (tertiary/aromatic N) is 4. The summed E-state index contributed by atoms with van der Waals surface area (Å²) in [7, 11) is 0. The van der Waals surface area contributed by atoms with Crippen LogP contribution in [0.5, 0.6) is 0 Å². The van der Waals surface area contributed by atoms with Gasteiger partial charge in [0.2, 0.25) is 0 Å². The molecule has 5 heteroatoms. The molecule has 2 aromatic carbocycles.